The van der Waals surface area contributed by atoms with E-state index in [0.717, 1.165) is 6.92 Å². The Morgan fingerprint density at radius 2 is 1.33 bits per heavy atom. The molecule has 0 aliphatic rings. The molecule has 0 fully saturated rings. The molecule has 0 aliphatic carbocycles. The summed E-state index contributed by atoms with van der Waals surface area (Å²) in [6, 6.07) is 0. The summed E-state index contributed by atoms with van der Waals surface area (Å²) in [6.45, 7) is 1.08. The van der Waals surface area contributed by atoms with E-state index in [2.05, 4.69) is 0 Å². The molecule has 0 rings (SSSR count). The van der Waals surface area contributed by atoms with Gasteiger partial charge in [0.05, 0.1) is 0 Å². The Hall–Kier alpha value is -0.491. The Morgan fingerprint density at radius 3 is 1.33 bits per heavy atom. The fourth-order valence-electron chi connectivity index (χ4n) is 0. The van der Waals surface area contributed by atoms with Crippen molar-refractivity contribution in [2.24, 2.45) is 0 Å². The van der Waals surface area contributed by atoms with Crippen molar-refractivity contribution in [2.75, 3.05) is 0 Å². The van der Waals surface area contributed by atoms with Crippen LogP contribution in [-0.2, 0) is 25.8 Å². The molecule has 57 valence electrons. The van der Waals surface area contributed by atoms with Gasteiger partial charge >= 0.3 is 29.4 Å². The van der Waals surface area contributed by atoms with Crippen molar-refractivity contribution >= 4 is 5.97 Å². The summed E-state index contributed by atoms with van der Waals surface area (Å²) in [7, 11) is 0. The van der Waals surface area contributed by atoms with Crippen molar-refractivity contribution in [3.63, 3.8) is 0 Å². The Labute approximate surface area is 53.0 Å². The maximum atomic E-state index is 9.00. The van der Waals surface area contributed by atoms with Gasteiger partial charge in [0.1, 0.15) is 0 Å². The zero-order valence-electron chi connectivity index (χ0n) is 4.44. The molecular formula is C2H6MnO6. The van der Waals surface area contributed by atoms with Crippen molar-refractivity contribution in [1.82, 2.24) is 0 Å². The van der Waals surface area contributed by atoms with Crippen LogP contribution in [0, 0.1) is 0 Å². The molecule has 0 unspecified atom stereocenters. The van der Waals surface area contributed by atoms with E-state index in [-0.39, 0.29) is 0 Å². The first-order valence-corrected chi connectivity index (χ1v) is 3.59. The van der Waals surface area contributed by atoms with Crippen LogP contribution < -0.4 is 0 Å². The predicted molar refractivity (Wildman–Crippen MR) is 19.1 cm³/mol. The van der Waals surface area contributed by atoms with Gasteiger partial charge in [-0.05, 0) is 0 Å². The quantitative estimate of drug-likeness (QED) is 0.402. The fraction of sp³-hybridized carbons (Fsp3) is 0.500. The van der Waals surface area contributed by atoms with Crippen LogP contribution in [0.3, 0.4) is 0 Å². The first kappa shape index (κ1) is 11.3. The van der Waals surface area contributed by atoms with Gasteiger partial charge in [0.2, 0.25) is 0 Å². The normalized spacial score (nSPS) is 9.22. The zero-order chi connectivity index (χ0) is 8.08. The Morgan fingerprint density at radius 1 is 1.33 bits per heavy atom. The van der Waals surface area contributed by atoms with E-state index >= 15 is 0 Å². The standard InChI is InChI=1S/C2H4O2.Mn.2H2O.2O/c1-2(3)4;;;;;/h1H3,(H,3,4);;2*1H2;;/q;+2;;;;/p-2. The van der Waals surface area contributed by atoms with E-state index in [9.17, 15) is 0 Å². The molecule has 0 saturated heterocycles. The second-order valence-electron chi connectivity index (χ2n) is 0.934. The summed E-state index contributed by atoms with van der Waals surface area (Å²) < 4.78 is 31.8. The Balaban J connectivity index is 0. The number of hydrogen-bond acceptors (Lipinski definition) is 3. The molecular weight excluding hydrogens is 175 g/mol. The first-order valence-electron chi connectivity index (χ1n) is 1.57. The SMILES string of the molecule is CC(=O)O.[O]=[Mn](=[O])([OH])[OH]. The summed E-state index contributed by atoms with van der Waals surface area (Å²) in [5, 5.41) is 7.42. The van der Waals surface area contributed by atoms with Gasteiger partial charge in [-0.2, -0.15) is 0 Å². The van der Waals surface area contributed by atoms with E-state index in [1.165, 1.54) is 0 Å². The Bertz CT molecular complexity index is 153. The van der Waals surface area contributed by atoms with Crippen LogP contribution in [0.25, 0.3) is 0 Å². The summed E-state index contributed by atoms with van der Waals surface area (Å²) >= 11 is -5.12. The topological polar surface area (TPSA) is 112 Å². The van der Waals surface area contributed by atoms with E-state index in [0.29, 0.717) is 0 Å². The van der Waals surface area contributed by atoms with Gasteiger partial charge in [-0.3, -0.25) is 4.79 Å². The fourth-order valence-corrected chi connectivity index (χ4v) is 0. The molecule has 0 aliphatic heterocycles. The van der Waals surface area contributed by atoms with Crippen LogP contribution in [0.1, 0.15) is 6.92 Å². The maximum absolute atomic E-state index is 9.00. The average Bonchev–Trinajstić information content (AvgIpc) is 1.19. The third-order valence-electron chi connectivity index (χ3n) is 0. The molecule has 0 amide bonds. The van der Waals surface area contributed by atoms with Crippen LogP contribution in [0.5, 0.6) is 0 Å². The molecule has 7 heteroatoms. The number of hydrogen-bond donors (Lipinski definition) is 3. The molecule has 3 N–H and O–H groups in total. The summed E-state index contributed by atoms with van der Waals surface area (Å²) in [6.07, 6.45) is 0. The number of carbonyl (C=O) groups is 1. The van der Waals surface area contributed by atoms with Gasteiger partial charge in [-0.25, -0.2) is 0 Å². The average molecular weight is 181 g/mol. The zero-order valence-corrected chi connectivity index (χ0v) is 5.62. The first-order chi connectivity index (χ1) is 3.73. The van der Waals surface area contributed by atoms with Crippen LogP contribution in [-0.4, -0.2) is 19.5 Å². The van der Waals surface area contributed by atoms with Gasteiger partial charge in [0, 0.05) is 6.92 Å². The van der Waals surface area contributed by atoms with Gasteiger partial charge < -0.3 is 5.11 Å². The van der Waals surface area contributed by atoms with E-state index in [1.54, 1.807) is 0 Å². The van der Waals surface area contributed by atoms with Gasteiger partial charge in [0.15, 0.2) is 0 Å². The van der Waals surface area contributed by atoms with Crippen LogP contribution in [0.4, 0.5) is 0 Å². The van der Waals surface area contributed by atoms with Gasteiger partial charge in [-0.1, -0.05) is 0 Å². The summed E-state index contributed by atoms with van der Waals surface area (Å²) in [5.74, 6) is -0.833. The summed E-state index contributed by atoms with van der Waals surface area (Å²) in [5.41, 5.74) is 0. The third kappa shape index (κ3) is 947. The van der Waals surface area contributed by atoms with Gasteiger partial charge in [-0.15, -0.1) is 0 Å². The third-order valence-corrected chi connectivity index (χ3v) is 0. The number of aliphatic carboxylic acids is 1. The predicted octanol–water partition coefficient (Wildman–Crippen LogP) is -1.26. The summed E-state index contributed by atoms with van der Waals surface area (Å²) in [4.78, 5) is 9.00. The van der Waals surface area contributed by atoms with Crippen LogP contribution >= 0.6 is 0 Å². The van der Waals surface area contributed by atoms with E-state index < -0.39 is 19.3 Å². The van der Waals surface area contributed by atoms with Crippen molar-refractivity contribution in [1.29, 1.82) is 0 Å². The monoisotopic (exact) mass is 181 g/mol. The Kier molecular flexibility index (Phi) is 5.53. The number of carboxylic acids is 1. The van der Waals surface area contributed by atoms with Crippen LogP contribution in [0.2, 0.25) is 0 Å². The number of carboxylic acid groups (broad SMARTS) is 1. The molecule has 0 aromatic heterocycles. The van der Waals surface area contributed by atoms with Crippen molar-refractivity contribution < 1.29 is 39.3 Å². The van der Waals surface area contributed by atoms with E-state index in [1.807, 2.05) is 0 Å². The molecule has 0 bridgehead atoms. The van der Waals surface area contributed by atoms with E-state index in [4.69, 9.17) is 25.9 Å². The molecule has 0 heterocycles. The molecule has 6 nitrogen and oxygen atoms in total. The molecule has 0 radical (unpaired) electrons. The van der Waals surface area contributed by atoms with Crippen molar-refractivity contribution in [2.45, 2.75) is 6.92 Å². The molecule has 9 heavy (non-hydrogen) atoms. The van der Waals surface area contributed by atoms with Crippen molar-refractivity contribution in [3.05, 3.63) is 0 Å². The van der Waals surface area contributed by atoms with Crippen molar-refractivity contribution in [3.8, 4) is 0 Å². The minimum absolute atomic E-state index is 0.833. The van der Waals surface area contributed by atoms with Gasteiger partial charge in [0.25, 0.3) is 5.97 Å². The molecule has 0 saturated carbocycles. The second-order valence-corrected chi connectivity index (χ2v) is 2.23. The molecule has 0 spiro atoms. The van der Waals surface area contributed by atoms with Crippen LogP contribution in [0.15, 0.2) is 0 Å². The minimum atomic E-state index is -5.12. The second kappa shape index (κ2) is 4.39. The number of rotatable bonds is 0. The molecule has 0 atom stereocenters. The molecule has 0 aromatic carbocycles. The molecule has 0 aromatic rings.